The third-order valence-electron chi connectivity index (χ3n) is 2.59. The van der Waals surface area contributed by atoms with Crippen molar-refractivity contribution in [1.29, 1.82) is 0 Å². The Bertz CT molecular complexity index is 483. The Balaban J connectivity index is 2.03. The number of aromatic nitrogens is 1. The Labute approximate surface area is 100 Å². The van der Waals surface area contributed by atoms with Crippen LogP contribution >= 0.6 is 0 Å². The summed E-state index contributed by atoms with van der Waals surface area (Å²) in [6.45, 7) is 0.999. The Morgan fingerprint density at radius 1 is 1.59 bits per heavy atom. The molecule has 0 aliphatic carbocycles. The lowest BCUT2D eigenvalue weighted by Gasteiger charge is -2.11. The van der Waals surface area contributed by atoms with Gasteiger partial charge < -0.3 is 10.5 Å². The van der Waals surface area contributed by atoms with Crippen molar-refractivity contribution in [3.63, 3.8) is 0 Å². The smallest absolute Gasteiger partial charge is 0.240 e. The highest BCUT2D eigenvalue weighted by Gasteiger charge is 2.20. The fourth-order valence-electron chi connectivity index (χ4n) is 1.69. The van der Waals surface area contributed by atoms with Crippen molar-refractivity contribution in [2.24, 2.45) is 0 Å². The first-order chi connectivity index (χ1) is 8.08. The van der Waals surface area contributed by atoms with Gasteiger partial charge in [0.2, 0.25) is 10.0 Å². The molecule has 0 aromatic carbocycles. The molecule has 0 radical (unpaired) electrons. The molecule has 0 spiro atoms. The first-order valence-corrected chi connectivity index (χ1v) is 6.89. The third kappa shape index (κ3) is 3.15. The molecule has 1 saturated heterocycles. The lowest BCUT2D eigenvalue weighted by Crippen LogP contribution is -2.31. The van der Waals surface area contributed by atoms with Crippen molar-refractivity contribution in [2.45, 2.75) is 23.8 Å². The Morgan fingerprint density at radius 3 is 3.06 bits per heavy atom. The van der Waals surface area contributed by atoms with E-state index < -0.39 is 10.0 Å². The maximum Gasteiger partial charge on any atom is 0.240 e. The molecule has 7 heteroatoms. The molecule has 6 nitrogen and oxygen atoms in total. The highest BCUT2D eigenvalue weighted by molar-refractivity contribution is 7.89. The van der Waals surface area contributed by atoms with E-state index in [0.29, 0.717) is 13.2 Å². The SMILES string of the molecule is Nc1cc(S(=O)(=O)NCC2CCCO2)ccn1. The van der Waals surface area contributed by atoms with Gasteiger partial charge in [-0.1, -0.05) is 0 Å². The van der Waals surface area contributed by atoms with E-state index in [1.54, 1.807) is 0 Å². The number of pyridine rings is 1. The topological polar surface area (TPSA) is 94.3 Å². The average molecular weight is 257 g/mol. The van der Waals surface area contributed by atoms with Gasteiger partial charge in [-0.05, 0) is 18.9 Å². The summed E-state index contributed by atoms with van der Waals surface area (Å²) in [4.78, 5) is 3.88. The zero-order valence-corrected chi connectivity index (χ0v) is 10.1. The maximum atomic E-state index is 11.9. The number of rotatable bonds is 4. The van der Waals surface area contributed by atoms with Crippen LogP contribution in [0, 0.1) is 0 Å². The first kappa shape index (κ1) is 12.3. The Morgan fingerprint density at radius 2 is 2.41 bits per heavy atom. The molecule has 17 heavy (non-hydrogen) atoms. The summed E-state index contributed by atoms with van der Waals surface area (Å²) < 4.78 is 31.6. The van der Waals surface area contributed by atoms with E-state index in [1.165, 1.54) is 18.3 Å². The summed E-state index contributed by atoms with van der Waals surface area (Å²) in [6, 6.07) is 2.74. The van der Waals surface area contributed by atoms with E-state index in [2.05, 4.69) is 9.71 Å². The van der Waals surface area contributed by atoms with Gasteiger partial charge in [-0.25, -0.2) is 18.1 Å². The zero-order valence-electron chi connectivity index (χ0n) is 9.30. The molecular weight excluding hydrogens is 242 g/mol. The summed E-state index contributed by atoms with van der Waals surface area (Å²) >= 11 is 0. The van der Waals surface area contributed by atoms with Gasteiger partial charge in [0, 0.05) is 25.4 Å². The van der Waals surface area contributed by atoms with E-state index in [0.717, 1.165) is 12.8 Å². The fraction of sp³-hybridized carbons (Fsp3) is 0.500. The molecule has 94 valence electrons. The van der Waals surface area contributed by atoms with Crippen LogP contribution in [0.5, 0.6) is 0 Å². The van der Waals surface area contributed by atoms with E-state index in [1.807, 2.05) is 0 Å². The Kier molecular flexibility index (Phi) is 3.60. The van der Waals surface area contributed by atoms with E-state index in [4.69, 9.17) is 10.5 Å². The minimum atomic E-state index is -3.52. The molecule has 1 aliphatic rings. The van der Waals surface area contributed by atoms with Crippen molar-refractivity contribution in [2.75, 3.05) is 18.9 Å². The molecule has 0 saturated carbocycles. The Hall–Kier alpha value is -1.18. The van der Waals surface area contributed by atoms with Crippen LogP contribution in [-0.4, -0.2) is 32.7 Å². The quantitative estimate of drug-likeness (QED) is 0.799. The van der Waals surface area contributed by atoms with Crippen molar-refractivity contribution in [1.82, 2.24) is 9.71 Å². The third-order valence-corrected chi connectivity index (χ3v) is 4.01. The van der Waals surface area contributed by atoms with Gasteiger partial charge in [0.15, 0.2) is 0 Å². The maximum absolute atomic E-state index is 11.9. The monoisotopic (exact) mass is 257 g/mol. The van der Waals surface area contributed by atoms with E-state index >= 15 is 0 Å². The predicted octanol–water partition coefficient (Wildman–Crippen LogP) is 0.121. The van der Waals surface area contributed by atoms with Crippen molar-refractivity contribution in [3.05, 3.63) is 18.3 Å². The van der Waals surface area contributed by atoms with Crippen molar-refractivity contribution >= 4 is 15.8 Å². The minimum Gasteiger partial charge on any atom is -0.384 e. The number of anilines is 1. The molecule has 1 aliphatic heterocycles. The number of nitrogens with zero attached hydrogens (tertiary/aromatic N) is 1. The number of nitrogen functional groups attached to an aromatic ring is 1. The molecule has 3 N–H and O–H groups in total. The number of hydrogen-bond acceptors (Lipinski definition) is 5. The number of hydrogen-bond donors (Lipinski definition) is 2. The lowest BCUT2D eigenvalue weighted by atomic mass is 10.2. The normalized spacial score (nSPS) is 20.6. The molecular formula is C10H15N3O3S. The van der Waals surface area contributed by atoms with Crippen LogP contribution in [0.1, 0.15) is 12.8 Å². The van der Waals surface area contributed by atoms with E-state index in [-0.39, 0.29) is 16.8 Å². The van der Waals surface area contributed by atoms with Crippen LogP contribution in [0.25, 0.3) is 0 Å². The molecule has 1 aromatic heterocycles. The number of nitrogens with two attached hydrogens (primary N) is 1. The van der Waals surface area contributed by atoms with Gasteiger partial charge in [0.25, 0.3) is 0 Å². The first-order valence-electron chi connectivity index (χ1n) is 5.41. The second kappa shape index (κ2) is 4.99. The summed E-state index contributed by atoms with van der Waals surface area (Å²) in [5.74, 6) is 0.185. The van der Waals surface area contributed by atoms with Gasteiger partial charge in [-0.3, -0.25) is 0 Å². The van der Waals surface area contributed by atoms with E-state index in [9.17, 15) is 8.42 Å². The average Bonchev–Trinajstić information content (AvgIpc) is 2.79. The van der Waals surface area contributed by atoms with Gasteiger partial charge in [0.05, 0.1) is 11.0 Å². The molecule has 0 amide bonds. The highest BCUT2D eigenvalue weighted by atomic mass is 32.2. The summed E-state index contributed by atoms with van der Waals surface area (Å²) in [7, 11) is -3.52. The molecule has 1 fully saturated rings. The van der Waals surface area contributed by atoms with Crippen LogP contribution < -0.4 is 10.5 Å². The number of nitrogens with one attached hydrogen (secondary N) is 1. The molecule has 2 rings (SSSR count). The summed E-state index contributed by atoms with van der Waals surface area (Å²) in [6.07, 6.45) is 3.22. The summed E-state index contributed by atoms with van der Waals surface area (Å²) in [5, 5.41) is 0. The van der Waals surface area contributed by atoms with Crippen LogP contribution in [0.3, 0.4) is 0 Å². The van der Waals surface area contributed by atoms with Gasteiger partial charge in [-0.2, -0.15) is 0 Å². The molecule has 1 aromatic rings. The molecule has 1 unspecified atom stereocenters. The van der Waals surface area contributed by atoms with Gasteiger partial charge >= 0.3 is 0 Å². The van der Waals surface area contributed by atoms with Crippen LogP contribution in [0.15, 0.2) is 23.2 Å². The highest BCUT2D eigenvalue weighted by Crippen LogP contribution is 2.13. The molecule has 2 heterocycles. The van der Waals surface area contributed by atoms with Gasteiger partial charge in [0.1, 0.15) is 5.82 Å². The molecule has 1 atom stereocenters. The van der Waals surface area contributed by atoms with Crippen LogP contribution in [0.4, 0.5) is 5.82 Å². The standard InChI is InChI=1S/C10H15N3O3S/c11-10-6-9(3-4-12-10)17(14,15)13-7-8-2-1-5-16-8/h3-4,6,8,13H,1-2,5,7H2,(H2,11,12). The summed E-state index contributed by atoms with van der Waals surface area (Å²) in [5.41, 5.74) is 5.45. The number of ether oxygens (including phenoxy) is 1. The second-order valence-corrected chi connectivity index (χ2v) is 5.67. The largest absolute Gasteiger partial charge is 0.384 e. The fourth-order valence-corrected chi connectivity index (χ4v) is 2.77. The number of sulfonamides is 1. The zero-order chi connectivity index (χ0) is 12.3. The van der Waals surface area contributed by atoms with Crippen molar-refractivity contribution in [3.8, 4) is 0 Å². The van der Waals surface area contributed by atoms with Crippen LogP contribution in [0.2, 0.25) is 0 Å². The molecule has 0 bridgehead atoms. The second-order valence-electron chi connectivity index (χ2n) is 3.90. The van der Waals surface area contributed by atoms with Gasteiger partial charge in [-0.15, -0.1) is 0 Å². The predicted molar refractivity (Wildman–Crippen MR) is 62.8 cm³/mol. The lowest BCUT2D eigenvalue weighted by molar-refractivity contribution is 0.114. The minimum absolute atomic E-state index is 0.0241. The van der Waals surface area contributed by atoms with Crippen LogP contribution in [-0.2, 0) is 14.8 Å². The van der Waals surface area contributed by atoms with Crippen molar-refractivity contribution < 1.29 is 13.2 Å².